The van der Waals surface area contributed by atoms with E-state index < -0.39 is 11.6 Å². The standard InChI is InChI=1S/C17H27N5O2S/c1-9(2)17(5,8-18)20-14(23)11(4)19-15(24)13-7-12-10(3)21-22(6)16(12)25-13/h7,9,11H,8,18H2,1-6H3,(H,19,24)(H,20,23). The molecular formula is C17H27N5O2S. The van der Waals surface area contributed by atoms with Crippen LogP contribution in [0, 0.1) is 12.8 Å². The normalized spacial score (nSPS) is 15.2. The number of rotatable bonds is 6. The molecule has 0 radical (unpaired) electrons. The Labute approximate surface area is 152 Å². The number of thiophene rings is 1. The van der Waals surface area contributed by atoms with Crippen LogP contribution in [0.1, 0.15) is 43.1 Å². The molecule has 0 aliphatic carbocycles. The van der Waals surface area contributed by atoms with Gasteiger partial charge < -0.3 is 16.4 Å². The first-order valence-corrected chi connectivity index (χ1v) is 9.16. The lowest BCUT2D eigenvalue weighted by Crippen LogP contribution is -2.59. The average molecular weight is 366 g/mol. The molecule has 2 amide bonds. The van der Waals surface area contributed by atoms with E-state index in [9.17, 15) is 9.59 Å². The van der Waals surface area contributed by atoms with Gasteiger partial charge in [-0.05, 0) is 32.8 Å². The second-order valence-corrected chi connectivity index (χ2v) is 8.03. The molecule has 0 aliphatic rings. The maximum atomic E-state index is 12.5. The van der Waals surface area contributed by atoms with Crippen LogP contribution in [0.4, 0.5) is 0 Å². The van der Waals surface area contributed by atoms with Crippen molar-refractivity contribution in [2.24, 2.45) is 18.7 Å². The summed E-state index contributed by atoms with van der Waals surface area (Å²) in [7, 11) is 1.85. The highest BCUT2D eigenvalue weighted by molar-refractivity contribution is 7.20. The SMILES string of the molecule is Cc1nn(C)c2sc(C(=O)NC(C)C(=O)NC(C)(CN)C(C)C)cc12. The second-order valence-electron chi connectivity index (χ2n) is 7.00. The molecule has 0 aliphatic heterocycles. The van der Waals surface area contributed by atoms with Crippen LogP contribution < -0.4 is 16.4 Å². The lowest BCUT2D eigenvalue weighted by Gasteiger charge is -2.34. The van der Waals surface area contributed by atoms with Gasteiger partial charge in [0.1, 0.15) is 10.9 Å². The molecule has 2 rings (SSSR count). The molecule has 4 N–H and O–H groups in total. The molecule has 0 saturated carbocycles. The van der Waals surface area contributed by atoms with Gasteiger partial charge in [0, 0.05) is 19.0 Å². The van der Waals surface area contributed by atoms with E-state index in [0.29, 0.717) is 11.4 Å². The van der Waals surface area contributed by atoms with Crippen LogP contribution in [-0.2, 0) is 11.8 Å². The summed E-state index contributed by atoms with van der Waals surface area (Å²) in [5.74, 6) is -0.321. The van der Waals surface area contributed by atoms with Gasteiger partial charge in [0.25, 0.3) is 5.91 Å². The van der Waals surface area contributed by atoms with E-state index in [1.807, 2.05) is 40.8 Å². The molecule has 138 valence electrons. The Hall–Kier alpha value is -1.93. The zero-order chi connectivity index (χ0) is 18.9. The first-order chi connectivity index (χ1) is 11.6. The Bertz CT molecular complexity index is 760. The Morgan fingerprint density at radius 3 is 2.56 bits per heavy atom. The van der Waals surface area contributed by atoms with Crippen molar-refractivity contribution in [1.29, 1.82) is 0 Å². The zero-order valence-electron chi connectivity index (χ0n) is 15.6. The number of carbonyl (C=O) groups is 2. The monoisotopic (exact) mass is 365 g/mol. The summed E-state index contributed by atoms with van der Waals surface area (Å²) in [5.41, 5.74) is 6.18. The van der Waals surface area contributed by atoms with Crippen molar-refractivity contribution in [3.8, 4) is 0 Å². The van der Waals surface area contributed by atoms with Gasteiger partial charge in [0.15, 0.2) is 0 Å². The number of hydrogen-bond donors (Lipinski definition) is 3. The van der Waals surface area contributed by atoms with Gasteiger partial charge in [0.2, 0.25) is 5.91 Å². The predicted molar refractivity (Wildman–Crippen MR) is 101 cm³/mol. The number of nitrogens with one attached hydrogen (secondary N) is 2. The highest BCUT2D eigenvalue weighted by atomic mass is 32.1. The molecule has 0 bridgehead atoms. The molecule has 2 heterocycles. The zero-order valence-corrected chi connectivity index (χ0v) is 16.5. The molecule has 2 aromatic heterocycles. The Morgan fingerprint density at radius 1 is 1.40 bits per heavy atom. The second kappa shape index (κ2) is 7.13. The summed E-state index contributed by atoms with van der Waals surface area (Å²) in [5, 5.41) is 11.0. The highest BCUT2D eigenvalue weighted by Crippen LogP contribution is 2.27. The number of fused-ring (bicyclic) bond motifs is 1. The van der Waals surface area contributed by atoms with E-state index in [1.54, 1.807) is 11.6 Å². The Kier molecular flexibility index (Phi) is 5.53. The summed E-state index contributed by atoms with van der Waals surface area (Å²) in [4.78, 5) is 26.4. The molecular weight excluding hydrogens is 338 g/mol. The van der Waals surface area contributed by atoms with Crippen molar-refractivity contribution < 1.29 is 9.59 Å². The first kappa shape index (κ1) is 19.4. The third kappa shape index (κ3) is 3.85. The minimum Gasteiger partial charge on any atom is -0.348 e. The van der Waals surface area contributed by atoms with Crippen LogP contribution in [0.25, 0.3) is 10.2 Å². The molecule has 2 unspecified atom stereocenters. The van der Waals surface area contributed by atoms with Gasteiger partial charge in [-0.1, -0.05) is 13.8 Å². The van der Waals surface area contributed by atoms with E-state index >= 15 is 0 Å². The van der Waals surface area contributed by atoms with Gasteiger partial charge in [-0.2, -0.15) is 5.10 Å². The smallest absolute Gasteiger partial charge is 0.262 e. The Morgan fingerprint density at radius 2 is 2.04 bits per heavy atom. The molecule has 2 aromatic rings. The molecule has 0 saturated heterocycles. The van der Waals surface area contributed by atoms with Crippen LogP contribution in [-0.4, -0.2) is 39.7 Å². The molecule has 2 atom stereocenters. The summed E-state index contributed by atoms with van der Waals surface area (Å²) in [6, 6.07) is 1.17. The van der Waals surface area contributed by atoms with Crippen molar-refractivity contribution in [3.63, 3.8) is 0 Å². The number of nitrogens with zero attached hydrogens (tertiary/aromatic N) is 2. The van der Waals surface area contributed by atoms with Crippen molar-refractivity contribution in [3.05, 3.63) is 16.6 Å². The van der Waals surface area contributed by atoms with Crippen molar-refractivity contribution in [2.45, 2.75) is 46.2 Å². The van der Waals surface area contributed by atoms with Crippen LogP contribution in [0.5, 0.6) is 0 Å². The van der Waals surface area contributed by atoms with E-state index in [4.69, 9.17) is 5.73 Å². The maximum Gasteiger partial charge on any atom is 0.262 e. The van der Waals surface area contributed by atoms with Gasteiger partial charge >= 0.3 is 0 Å². The fraction of sp³-hybridized carbons (Fsp3) is 0.588. The molecule has 8 heteroatoms. The minimum atomic E-state index is -0.651. The summed E-state index contributed by atoms with van der Waals surface area (Å²) in [6.45, 7) is 9.83. The number of carbonyl (C=O) groups excluding carboxylic acids is 2. The molecule has 0 spiro atoms. The molecule has 0 aromatic carbocycles. The van der Waals surface area contributed by atoms with Crippen LogP contribution >= 0.6 is 11.3 Å². The van der Waals surface area contributed by atoms with Crippen molar-refractivity contribution in [2.75, 3.05) is 6.54 Å². The number of aryl methyl sites for hydroxylation is 2. The summed E-state index contributed by atoms with van der Waals surface area (Å²) >= 11 is 1.37. The molecule has 7 nitrogen and oxygen atoms in total. The van der Waals surface area contributed by atoms with Crippen LogP contribution in [0.2, 0.25) is 0 Å². The predicted octanol–water partition coefficient (Wildman–Crippen LogP) is 1.55. The van der Waals surface area contributed by atoms with Gasteiger partial charge in [-0.15, -0.1) is 11.3 Å². The number of hydrogen-bond acceptors (Lipinski definition) is 5. The third-order valence-electron chi connectivity index (χ3n) is 4.77. The van der Waals surface area contributed by atoms with E-state index in [2.05, 4.69) is 15.7 Å². The summed E-state index contributed by atoms with van der Waals surface area (Å²) < 4.78 is 1.76. The van der Waals surface area contributed by atoms with Gasteiger partial charge in [-0.3, -0.25) is 14.3 Å². The molecule has 25 heavy (non-hydrogen) atoms. The quantitative estimate of drug-likeness (QED) is 0.723. The number of amides is 2. The van der Waals surface area contributed by atoms with Gasteiger partial charge in [-0.25, -0.2) is 0 Å². The van der Waals surface area contributed by atoms with Crippen LogP contribution in [0.3, 0.4) is 0 Å². The average Bonchev–Trinajstić information content (AvgIpc) is 3.09. The Balaban J connectivity index is 2.08. The minimum absolute atomic E-state index is 0.183. The first-order valence-electron chi connectivity index (χ1n) is 8.35. The third-order valence-corrected chi connectivity index (χ3v) is 5.97. The number of nitrogens with two attached hydrogens (primary N) is 1. The largest absolute Gasteiger partial charge is 0.348 e. The topological polar surface area (TPSA) is 102 Å². The highest BCUT2D eigenvalue weighted by Gasteiger charge is 2.30. The maximum absolute atomic E-state index is 12.5. The fourth-order valence-electron chi connectivity index (χ4n) is 2.47. The fourth-order valence-corrected chi connectivity index (χ4v) is 3.50. The number of aromatic nitrogens is 2. The van der Waals surface area contributed by atoms with E-state index in [0.717, 1.165) is 15.9 Å². The summed E-state index contributed by atoms with van der Waals surface area (Å²) in [6.07, 6.45) is 0. The van der Waals surface area contributed by atoms with Crippen molar-refractivity contribution >= 4 is 33.4 Å². The van der Waals surface area contributed by atoms with E-state index in [1.165, 1.54) is 11.3 Å². The molecule has 0 fully saturated rings. The van der Waals surface area contributed by atoms with Gasteiger partial charge in [0.05, 0.1) is 16.1 Å². The van der Waals surface area contributed by atoms with Crippen LogP contribution in [0.15, 0.2) is 6.07 Å². The van der Waals surface area contributed by atoms with Crippen molar-refractivity contribution in [1.82, 2.24) is 20.4 Å². The lowest BCUT2D eigenvalue weighted by molar-refractivity contribution is -0.124. The lowest BCUT2D eigenvalue weighted by atomic mass is 9.88. The van der Waals surface area contributed by atoms with E-state index in [-0.39, 0.29) is 17.7 Å².